The molecular formula is C9H11ClN2O2S. The van der Waals surface area contributed by atoms with Crippen molar-refractivity contribution in [3.8, 4) is 0 Å². The van der Waals surface area contributed by atoms with Gasteiger partial charge in [-0.05, 0) is 6.07 Å². The first-order chi connectivity index (χ1) is 6.91. The second-order valence-corrected chi connectivity index (χ2v) is 5.29. The number of rotatable bonds is 3. The molecule has 0 amide bonds. The van der Waals surface area contributed by atoms with E-state index < -0.39 is 4.92 Å². The van der Waals surface area contributed by atoms with Crippen LogP contribution in [0.1, 0.15) is 13.8 Å². The van der Waals surface area contributed by atoms with Crippen LogP contribution >= 0.6 is 23.4 Å². The van der Waals surface area contributed by atoms with Gasteiger partial charge in [0.15, 0.2) is 0 Å². The predicted octanol–water partition coefficient (Wildman–Crippen LogP) is 3.33. The summed E-state index contributed by atoms with van der Waals surface area (Å²) >= 11 is 7.43. The Kier molecular flexibility index (Phi) is 3.82. The largest absolute Gasteiger partial charge is 0.393 e. The van der Waals surface area contributed by atoms with E-state index in [4.69, 9.17) is 17.3 Å². The highest BCUT2D eigenvalue weighted by Gasteiger charge is 2.15. The maximum Gasteiger partial charge on any atom is 0.293 e. The van der Waals surface area contributed by atoms with Crippen molar-refractivity contribution in [2.75, 3.05) is 5.73 Å². The lowest BCUT2D eigenvalue weighted by atomic mass is 10.3. The van der Waals surface area contributed by atoms with E-state index in [2.05, 4.69) is 0 Å². The summed E-state index contributed by atoms with van der Waals surface area (Å²) in [5.41, 5.74) is 5.55. The average Bonchev–Trinajstić information content (AvgIpc) is 2.09. The number of benzene rings is 1. The zero-order valence-electron chi connectivity index (χ0n) is 8.36. The van der Waals surface area contributed by atoms with Gasteiger partial charge in [0.05, 0.1) is 9.95 Å². The van der Waals surface area contributed by atoms with Gasteiger partial charge in [-0.2, -0.15) is 0 Å². The number of nitro groups is 1. The Morgan fingerprint density at radius 1 is 1.53 bits per heavy atom. The monoisotopic (exact) mass is 246 g/mol. The van der Waals surface area contributed by atoms with Crippen molar-refractivity contribution in [1.82, 2.24) is 0 Å². The van der Waals surface area contributed by atoms with E-state index in [1.54, 1.807) is 6.07 Å². The van der Waals surface area contributed by atoms with E-state index >= 15 is 0 Å². The lowest BCUT2D eigenvalue weighted by molar-refractivity contribution is -0.383. The second-order valence-electron chi connectivity index (χ2n) is 3.27. The van der Waals surface area contributed by atoms with E-state index in [-0.39, 0.29) is 11.4 Å². The molecule has 0 spiro atoms. The van der Waals surface area contributed by atoms with Crippen LogP contribution in [0.3, 0.4) is 0 Å². The molecule has 6 heteroatoms. The topological polar surface area (TPSA) is 69.2 Å². The third-order valence-corrected chi connectivity index (χ3v) is 3.13. The van der Waals surface area contributed by atoms with Crippen molar-refractivity contribution in [2.24, 2.45) is 0 Å². The molecule has 0 saturated heterocycles. The molecule has 0 saturated carbocycles. The summed E-state index contributed by atoms with van der Waals surface area (Å²) in [6.07, 6.45) is 0. The maximum atomic E-state index is 10.6. The molecule has 15 heavy (non-hydrogen) atoms. The summed E-state index contributed by atoms with van der Waals surface area (Å²) in [5.74, 6) is 0. The van der Waals surface area contributed by atoms with Crippen LogP contribution in [0, 0.1) is 10.1 Å². The SMILES string of the molecule is CC(C)Sc1cc(N)c([N+](=O)[O-])cc1Cl. The van der Waals surface area contributed by atoms with Crippen LogP contribution < -0.4 is 5.73 Å². The molecule has 0 unspecified atom stereocenters. The summed E-state index contributed by atoms with van der Waals surface area (Å²) in [6.45, 7) is 4.02. The van der Waals surface area contributed by atoms with Crippen LogP contribution in [0.15, 0.2) is 17.0 Å². The molecule has 82 valence electrons. The van der Waals surface area contributed by atoms with Gasteiger partial charge in [0.25, 0.3) is 5.69 Å². The smallest absolute Gasteiger partial charge is 0.293 e. The number of hydrogen-bond acceptors (Lipinski definition) is 4. The Hall–Kier alpha value is -0.940. The first-order valence-corrected chi connectivity index (χ1v) is 5.57. The molecule has 0 aliphatic rings. The van der Waals surface area contributed by atoms with Crippen molar-refractivity contribution >= 4 is 34.7 Å². The minimum Gasteiger partial charge on any atom is -0.393 e. The Bertz CT molecular complexity index is 396. The Morgan fingerprint density at radius 2 is 2.13 bits per heavy atom. The number of nitrogens with zero attached hydrogens (tertiary/aromatic N) is 1. The Balaban J connectivity index is 3.13. The fourth-order valence-corrected chi connectivity index (χ4v) is 2.23. The van der Waals surface area contributed by atoms with E-state index in [1.807, 2.05) is 13.8 Å². The van der Waals surface area contributed by atoms with Gasteiger partial charge in [-0.3, -0.25) is 10.1 Å². The summed E-state index contributed by atoms with van der Waals surface area (Å²) in [7, 11) is 0. The molecule has 4 nitrogen and oxygen atoms in total. The lowest BCUT2D eigenvalue weighted by Crippen LogP contribution is -1.97. The van der Waals surface area contributed by atoms with E-state index in [0.717, 1.165) is 4.90 Å². The molecule has 0 aromatic heterocycles. The predicted molar refractivity (Wildman–Crippen MR) is 63.5 cm³/mol. The van der Waals surface area contributed by atoms with E-state index in [9.17, 15) is 10.1 Å². The van der Waals surface area contributed by atoms with Crippen LogP contribution in [-0.2, 0) is 0 Å². The molecule has 0 heterocycles. The first kappa shape index (κ1) is 12.1. The van der Waals surface area contributed by atoms with E-state index in [0.29, 0.717) is 10.3 Å². The highest BCUT2D eigenvalue weighted by atomic mass is 35.5. The molecule has 0 aliphatic heterocycles. The maximum absolute atomic E-state index is 10.6. The van der Waals surface area contributed by atoms with Crippen LogP contribution in [0.4, 0.5) is 11.4 Å². The van der Waals surface area contributed by atoms with E-state index in [1.165, 1.54) is 17.8 Å². The van der Waals surface area contributed by atoms with Crippen LogP contribution in [0.2, 0.25) is 5.02 Å². The number of nitro benzene ring substituents is 1. The van der Waals surface area contributed by atoms with Gasteiger partial charge in [-0.25, -0.2) is 0 Å². The van der Waals surface area contributed by atoms with Gasteiger partial charge in [0.2, 0.25) is 0 Å². The van der Waals surface area contributed by atoms with Gasteiger partial charge in [-0.15, -0.1) is 11.8 Å². The third kappa shape index (κ3) is 3.00. The highest BCUT2D eigenvalue weighted by molar-refractivity contribution is 8.00. The number of thioether (sulfide) groups is 1. The quantitative estimate of drug-likeness (QED) is 0.384. The summed E-state index contributed by atoms with van der Waals surface area (Å²) < 4.78 is 0. The number of nitrogens with two attached hydrogens (primary N) is 1. The van der Waals surface area contributed by atoms with Crippen molar-refractivity contribution in [2.45, 2.75) is 24.0 Å². The Labute approximate surface area is 96.9 Å². The molecule has 0 aliphatic carbocycles. The van der Waals surface area contributed by atoms with Crippen LogP contribution in [0.25, 0.3) is 0 Å². The second kappa shape index (κ2) is 4.72. The number of anilines is 1. The van der Waals surface area contributed by atoms with Gasteiger partial charge in [0.1, 0.15) is 5.69 Å². The molecule has 1 rings (SSSR count). The molecule has 0 atom stereocenters. The summed E-state index contributed by atoms with van der Waals surface area (Å²) in [4.78, 5) is 10.8. The molecule has 1 aromatic rings. The van der Waals surface area contributed by atoms with Crippen molar-refractivity contribution in [3.05, 3.63) is 27.3 Å². The van der Waals surface area contributed by atoms with Crippen molar-refractivity contribution < 1.29 is 4.92 Å². The molecule has 2 N–H and O–H groups in total. The highest BCUT2D eigenvalue weighted by Crippen LogP contribution is 2.36. The zero-order valence-corrected chi connectivity index (χ0v) is 9.93. The van der Waals surface area contributed by atoms with Gasteiger partial charge in [-0.1, -0.05) is 25.4 Å². The van der Waals surface area contributed by atoms with Gasteiger partial charge < -0.3 is 5.73 Å². The number of hydrogen-bond donors (Lipinski definition) is 1. The van der Waals surface area contributed by atoms with Gasteiger partial charge >= 0.3 is 0 Å². The number of nitrogen functional groups attached to an aromatic ring is 1. The van der Waals surface area contributed by atoms with Gasteiger partial charge in [0, 0.05) is 16.2 Å². The minimum absolute atomic E-state index is 0.145. The lowest BCUT2D eigenvalue weighted by Gasteiger charge is -2.08. The molecule has 1 aromatic carbocycles. The molecule has 0 bridgehead atoms. The average molecular weight is 247 g/mol. The molecular weight excluding hydrogens is 236 g/mol. The number of halogens is 1. The third-order valence-electron chi connectivity index (χ3n) is 1.64. The van der Waals surface area contributed by atoms with Crippen LogP contribution in [0.5, 0.6) is 0 Å². The fourth-order valence-electron chi connectivity index (χ4n) is 1.06. The Morgan fingerprint density at radius 3 is 2.60 bits per heavy atom. The standard InChI is InChI=1S/C9H11ClN2O2S/c1-5(2)15-9-4-7(11)8(12(13)14)3-6(9)10/h3-5H,11H2,1-2H3. The molecule has 0 radical (unpaired) electrons. The summed E-state index contributed by atoms with van der Waals surface area (Å²) in [6, 6.07) is 2.84. The summed E-state index contributed by atoms with van der Waals surface area (Å²) in [5, 5.41) is 11.3. The minimum atomic E-state index is -0.537. The fraction of sp³-hybridized carbons (Fsp3) is 0.333. The zero-order chi connectivity index (χ0) is 11.6. The van der Waals surface area contributed by atoms with Crippen molar-refractivity contribution in [1.29, 1.82) is 0 Å². The van der Waals surface area contributed by atoms with Crippen LogP contribution in [-0.4, -0.2) is 10.2 Å². The van der Waals surface area contributed by atoms with Crippen molar-refractivity contribution in [3.63, 3.8) is 0 Å². The molecule has 0 fully saturated rings. The first-order valence-electron chi connectivity index (χ1n) is 4.32. The normalized spacial score (nSPS) is 10.7.